The third kappa shape index (κ3) is 7.32. The van der Waals surface area contributed by atoms with E-state index in [0.29, 0.717) is 13.1 Å². The Labute approximate surface area is 168 Å². The minimum atomic E-state index is -0.559. The lowest BCUT2D eigenvalue weighted by Gasteiger charge is -2.37. The molecule has 7 nitrogen and oxygen atoms in total. The van der Waals surface area contributed by atoms with E-state index < -0.39 is 11.7 Å². The molecule has 0 spiro atoms. The Hall–Kier alpha value is -1.79. The van der Waals surface area contributed by atoms with Gasteiger partial charge in [0.15, 0.2) is 0 Å². The number of ether oxygens (including phenoxy) is 1. The second-order valence-corrected chi connectivity index (χ2v) is 9.15. The molecule has 160 valence electrons. The fraction of sp³-hybridized carbons (Fsp3) is 0.857. The second-order valence-electron chi connectivity index (χ2n) is 9.15. The summed E-state index contributed by atoms with van der Waals surface area (Å²) >= 11 is 0. The smallest absolute Gasteiger partial charge is 0.407 e. The molecular weight excluding hydrogens is 358 g/mol. The number of nitrogens with one attached hydrogen (secondary N) is 2. The zero-order valence-electron chi connectivity index (χ0n) is 17.9. The van der Waals surface area contributed by atoms with E-state index in [9.17, 15) is 14.4 Å². The summed E-state index contributed by atoms with van der Waals surface area (Å²) in [5.41, 5.74) is -0.559. The van der Waals surface area contributed by atoms with Crippen molar-refractivity contribution in [1.82, 2.24) is 15.5 Å². The van der Waals surface area contributed by atoms with Crippen molar-refractivity contribution in [3.05, 3.63) is 0 Å². The van der Waals surface area contributed by atoms with Crippen LogP contribution in [0.1, 0.15) is 79.1 Å². The van der Waals surface area contributed by atoms with Crippen molar-refractivity contribution in [2.24, 2.45) is 5.92 Å². The predicted molar refractivity (Wildman–Crippen MR) is 108 cm³/mol. The molecule has 7 heteroatoms. The average Bonchev–Trinajstić information content (AvgIpc) is 2.55. The van der Waals surface area contributed by atoms with Crippen LogP contribution < -0.4 is 10.6 Å². The molecule has 0 aromatic carbocycles. The second kappa shape index (κ2) is 10.1. The van der Waals surface area contributed by atoms with Crippen LogP contribution in [0.2, 0.25) is 0 Å². The summed E-state index contributed by atoms with van der Waals surface area (Å²) in [6.07, 6.45) is 7.00. The van der Waals surface area contributed by atoms with Crippen LogP contribution in [0.15, 0.2) is 0 Å². The molecular formula is C21H37N3O4. The molecule has 3 amide bonds. The van der Waals surface area contributed by atoms with Gasteiger partial charge in [0.25, 0.3) is 0 Å². The van der Waals surface area contributed by atoms with Gasteiger partial charge in [-0.25, -0.2) is 4.79 Å². The van der Waals surface area contributed by atoms with Gasteiger partial charge in [0, 0.05) is 32.1 Å². The van der Waals surface area contributed by atoms with Crippen molar-refractivity contribution in [1.29, 1.82) is 0 Å². The Balaban J connectivity index is 2.00. The number of nitrogens with zero attached hydrogens (tertiary/aromatic N) is 1. The summed E-state index contributed by atoms with van der Waals surface area (Å²) in [6, 6.07) is -0.0368. The van der Waals surface area contributed by atoms with Gasteiger partial charge in [0.05, 0.1) is 5.92 Å². The van der Waals surface area contributed by atoms with E-state index in [1.807, 2.05) is 25.7 Å². The van der Waals surface area contributed by atoms with Crippen molar-refractivity contribution in [3.63, 3.8) is 0 Å². The topological polar surface area (TPSA) is 87.7 Å². The fourth-order valence-electron chi connectivity index (χ4n) is 4.18. The molecule has 2 fully saturated rings. The first kappa shape index (κ1) is 22.5. The summed E-state index contributed by atoms with van der Waals surface area (Å²) in [6.45, 7) is 8.35. The number of carbonyl (C=O) groups excluding carboxylic acids is 3. The molecule has 1 aliphatic heterocycles. The van der Waals surface area contributed by atoms with Gasteiger partial charge >= 0.3 is 6.09 Å². The van der Waals surface area contributed by atoms with Crippen LogP contribution in [0.3, 0.4) is 0 Å². The molecule has 1 saturated carbocycles. The highest BCUT2D eigenvalue weighted by atomic mass is 16.6. The summed E-state index contributed by atoms with van der Waals surface area (Å²) in [5.74, 6) is -0.0965. The number of hydrogen-bond acceptors (Lipinski definition) is 4. The third-order valence-corrected chi connectivity index (χ3v) is 5.50. The standard InChI is InChI=1S/C21H37N3O4/c1-15(25)22-16-11-13-24(14-12-16)19(26)17-9-7-5-6-8-10-18(17)23-20(27)28-21(2,3)4/h16-18H,5-14H2,1-4H3,(H,22,25)(H,23,27)/t17-,18+/m0/s1. The van der Waals surface area contributed by atoms with Gasteiger partial charge in [-0.15, -0.1) is 0 Å². The van der Waals surface area contributed by atoms with Gasteiger partial charge in [-0.3, -0.25) is 9.59 Å². The number of likely N-dealkylation sites (tertiary alicyclic amines) is 1. The van der Waals surface area contributed by atoms with Gasteiger partial charge in [-0.2, -0.15) is 0 Å². The van der Waals surface area contributed by atoms with Crippen LogP contribution in [-0.2, 0) is 14.3 Å². The van der Waals surface area contributed by atoms with Crippen molar-refractivity contribution in [2.45, 2.75) is 96.7 Å². The number of alkyl carbamates (subject to hydrolysis) is 1. The Kier molecular flexibility index (Phi) is 8.13. The minimum Gasteiger partial charge on any atom is -0.444 e. The first-order chi connectivity index (χ1) is 13.2. The quantitative estimate of drug-likeness (QED) is 0.769. The zero-order chi connectivity index (χ0) is 20.7. The predicted octanol–water partition coefficient (Wildman–Crippen LogP) is 2.98. The molecule has 0 radical (unpaired) electrons. The lowest BCUT2D eigenvalue weighted by atomic mass is 9.85. The van der Waals surface area contributed by atoms with E-state index in [-0.39, 0.29) is 29.8 Å². The van der Waals surface area contributed by atoms with E-state index in [2.05, 4.69) is 10.6 Å². The summed E-state index contributed by atoms with van der Waals surface area (Å²) < 4.78 is 5.42. The van der Waals surface area contributed by atoms with E-state index in [1.54, 1.807) is 0 Å². The van der Waals surface area contributed by atoms with Gasteiger partial charge in [-0.1, -0.05) is 25.7 Å². The van der Waals surface area contributed by atoms with Crippen molar-refractivity contribution in [2.75, 3.05) is 13.1 Å². The molecule has 1 aliphatic carbocycles. The summed E-state index contributed by atoms with van der Waals surface area (Å²) in [7, 11) is 0. The van der Waals surface area contributed by atoms with E-state index in [4.69, 9.17) is 4.74 Å². The highest BCUT2D eigenvalue weighted by molar-refractivity contribution is 5.81. The molecule has 2 atom stereocenters. The van der Waals surface area contributed by atoms with Crippen molar-refractivity contribution in [3.8, 4) is 0 Å². The fourth-order valence-corrected chi connectivity index (χ4v) is 4.18. The summed E-state index contributed by atoms with van der Waals surface area (Å²) in [4.78, 5) is 38.7. The summed E-state index contributed by atoms with van der Waals surface area (Å²) in [5, 5.41) is 5.93. The number of rotatable bonds is 3. The lowest BCUT2D eigenvalue weighted by Crippen LogP contribution is -2.52. The number of hydrogen-bond donors (Lipinski definition) is 2. The molecule has 2 aliphatic rings. The Morgan fingerprint density at radius 3 is 2.07 bits per heavy atom. The maximum Gasteiger partial charge on any atom is 0.407 e. The Morgan fingerprint density at radius 2 is 1.50 bits per heavy atom. The maximum absolute atomic E-state index is 13.3. The molecule has 0 aromatic rings. The van der Waals surface area contributed by atoms with Crippen LogP contribution in [0, 0.1) is 5.92 Å². The van der Waals surface area contributed by atoms with Gasteiger partial charge in [0.1, 0.15) is 5.60 Å². The normalized spacial score (nSPS) is 24.6. The Bertz CT molecular complexity index is 550. The molecule has 2 N–H and O–H groups in total. The van der Waals surface area contributed by atoms with Crippen LogP contribution in [0.25, 0.3) is 0 Å². The SMILES string of the molecule is CC(=O)NC1CCN(C(=O)[C@H]2CCCCCC[C@H]2NC(=O)OC(C)(C)C)CC1. The van der Waals surface area contributed by atoms with E-state index in [0.717, 1.165) is 51.4 Å². The van der Waals surface area contributed by atoms with Crippen molar-refractivity contribution < 1.29 is 19.1 Å². The van der Waals surface area contributed by atoms with Gasteiger partial charge in [0.2, 0.25) is 11.8 Å². The molecule has 0 unspecified atom stereocenters. The molecule has 0 aromatic heterocycles. The van der Waals surface area contributed by atoms with Gasteiger partial charge in [-0.05, 0) is 46.5 Å². The van der Waals surface area contributed by atoms with Crippen LogP contribution in [0.5, 0.6) is 0 Å². The molecule has 2 rings (SSSR count). The monoisotopic (exact) mass is 395 g/mol. The minimum absolute atomic E-state index is 0.0218. The largest absolute Gasteiger partial charge is 0.444 e. The molecule has 28 heavy (non-hydrogen) atoms. The molecule has 1 heterocycles. The van der Waals surface area contributed by atoms with Crippen LogP contribution in [0.4, 0.5) is 4.79 Å². The highest BCUT2D eigenvalue weighted by Crippen LogP contribution is 2.26. The van der Waals surface area contributed by atoms with Gasteiger partial charge < -0.3 is 20.3 Å². The van der Waals surface area contributed by atoms with Crippen LogP contribution >= 0.6 is 0 Å². The molecule has 1 saturated heterocycles. The highest BCUT2D eigenvalue weighted by Gasteiger charge is 2.35. The van der Waals surface area contributed by atoms with Crippen molar-refractivity contribution >= 4 is 17.9 Å². The average molecular weight is 396 g/mol. The zero-order valence-corrected chi connectivity index (χ0v) is 17.9. The lowest BCUT2D eigenvalue weighted by molar-refractivity contribution is -0.138. The first-order valence-corrected chi connectivity index (χ1v) is 10.7. The maximum atomic E-state index is 13.3. The van der Waals surface area contributed by atoms with E-state index >= 15 is 0 Å². The van der Waals surface area contributed by atoms with E-state index in [1.165, 1.54) is 6.92 Å². The van der Waals surface area contributed by atoms with Crippen LogP contribution in [-0.4, -0.2) is 53.6 Å². The number of carbonyl (C=O) groups is 3. The third-order valence-electron chi connectivity index (χ3n) is 5.50. The first-order valence-electron chi connectivity index (χ1n) is 10.7. The molecule has 0 bridgehead atoms. The number of amides is 3. The Morgan fingerprint density at radius 1 is 0.893 bits per heavy atom. The number of piperidine rings is 1.